The molecule has 0 radical (unpaired) electrons. The van der Waals surface area contributed by atoms with Gasteiger partial charge in [0, 0.05) is 26.9 Å². The van der Waals surface area contributed by atoms with E-state index in [1.165, 1.54) is 45.6 Å². The monoisotopic (exact) mass is 439 g/mol. The molecule has 0 amide bonds. The number of carbonyl (C=O) groups is 1. The first kappa shape index (κ1) is 22.9. The number of ketones is 1. The number of carbonyl (C=O) groups excluding carboxylic acids is 1. The maximum absolute atomic E-state index is 14.3. The number of hydrogen-bond acceptors (Lipinski definition) is 10. The zero-order valence-electron chi connectivity index (χ0n) is 16.9. The van der Waals surface area contributed by atoms with E-state index in [0.717, 1.165) is 0 Å². The SMILES string of the molecule is COC(OC)(OC)[C@H]1O[C@@](C(=O)c2ccccc2)(n2cc(F)c(N)nc2=O)[C@H](O)[C@@H]1O. The molecule has 1 aliphatic heterocycles. The number of Topliss-reactive ketones (excluding diaryl/α,β-unsaturated/α-hetero) is 1. The van der Waals surface area contributed by atoms with Crippen LogP contribution >= 0.6 is 0 Å². The van der Waals surface area contributed by atoms with Crippen LogP contribution in [0.4, 0.5) is 10.2 Å². The molecule has 0 unspecified atom stereocenters. The summed E-state index contributed by atoms with van der Waals surface area (Å²) in [6, 6.07) is 7.48. The lowest BCUT2D eigenvalue weighted by Crippen LogP contribution is -2.56. The smallest absolute Gasteiger partial charge is 0.352 e. The molecule has 1 saturated heterocycles. The molecule has 0 aliphatic carbocycles. The number of aliphatic hydroxyl groups excluding tert-OH is 2. The van der Waals surface area contributed by atoms with Crippen molar-refractivity contribution in [2.45, 2.75) is 30.0 Å². The van der Waals surface area contributed by atoms with Crippen molar-refractivity contribution in [2.75, 3.05) is 27.1 Å². The molecule has 0 bridgehead atoms. The number of aromatic nitrogens is 2. The summed E-state index contributed by atoms with van der Waals surface area (Å²) in [6.07, 6.45) is -5.05. The van der Waals surface area contributed by atoms with Crippen molar-refractivity contribution < 1.29 is 38.3 Å². The number of rotatable bonds is 7. The first-order chi connectivity index (χ1) is 14.7. The fraction of sp³-hybridized carbons (Fsp3) is 0.421. The second kappa shape index (κ2) is 8.42. The van der Waals surface area contributed by atoms with Crippen LogP contribution in [-0.2, 0) is 24.7 Å². The summed E-state index contributed by atoms with van der Waals surface area (Å²) >= 11 is 0. The lowest BCUT2D eigenvalue weighted by Gasteiger charge is -2.36. The molecule has 1 aliphatic rings. The van der Waals surface area contributed by atoms with Gasteiger partial charge in [0.1, 0.15) is 12.2 Å². The van der Waals surface area contributed by atoms with Crippen LogP contribution in [0.5, 0.6) is 0 Å². The minimum Gasteiger partial charge on any atom is -0.387 e. The maximum atomic E-state index is 14.3. The molecule has 31 heavy (non-hydrogen) atoms. The van der Waals surface area contributed by atoms with Crippen LogP contribution in [0.3, 0.4) is 0 Å². The molecule has 1 aromatic carbocycles. The molecule has 4 N–H and O–H groups in total. The Labute approximate surface area is 175 Å². The van der Waals surface area contributed by atoms with E-state index in [-0.39, 0.29) is 5.56 Å². The number of nitrogens with zero attached hydrogens (tertiary/aromatic N) is 2. The van der Waals surface area contributed by atoms with Gasteiger partial charge in [0.25, 0.3) is 0 Å². The molecule has 11 nitrogen and oxygen atoms in total. The third kappa shape index (κ3) is 3.43. The van der Waals surface area contributed by atoms with Gasteiger partial charge < -0.3 is 34.9 Å². The predicted molar refractivity (Wildman–Crippen MR) is 102 cm³/mol. The third-order valence-corrected chi connectivity index (χ3v) is 5.17. The standard InChI is InChI=1S/C19H22FN3O8/c1-28-19(29-2,30-3)15-12(24)14(26)18(31-15,13(25)10-7-5-4-6-8-10)23-9-11(20)16(21)22-17(23)27/h4-9,12,14-15,24,26H,1-3H3,(H2,21,22,27)/t12-,14+,15-,18+/m0/s1. The van der Waals surface area contributed by atoms with E-state index in [2.05, 4.69) is 4.98 Å². The Morgan fingerprint density at radius 2 is 1.81 bits per heavy atom. The van der Waals surface area contributed by atoms with Crippen LogP contribution in [0.2, 0.25) is 0 Å². The Bertz CT molecular complexity index is 1000. The average Bonchev–Trinajstić information content (AvgIpc) is 3.05. The van der Waals surface area contributed by atoms with Gasteiger partial charge in [-0.3, -0.25) is 9.36 Å². The van der Waals surface area contributed by atoms with Gasteiger partial charge in [-0.15, -0.1) is 0 Å². The molecule has 12 heteroatoms. The van der Waals surface area contributed by atoms with Crippen LogP contribution in [0.1, 0.15) is 10.4 Å². The number of aliphatic hydroxyl groups is 2. The van der Waals surface area contributed by atoms with Gasteiger partial charge in [0.2, 0.25) is 11.5 Å². The summed E-state index contributed by atoms with van der Waals surface area (Å²) in [6.45, 7) is 0. The predicted octanol–water partition coefficient (Wildman–Crippen LogP) is -0.786. The second-order valence-corrected chi connectivity index (χ2v) is 6.71. The Morgan fingerprint density at radius 3 is 2.35 bits per heavy atom. The van der Waals surface area contributed by atoms with Gasteiger partial charge >= 0.3 is 11.7 Å². The molecule has 3 rings (SSSR count). The first-order valence-corrected chi connectivity index (χ1v) is 9.03. The molecular weight excluding hydrogens is 417 g/mol. The van der Waals surface area contributed by atoms with E-state index in [1.54, 1.807) is 6.07 Å². The van der Waals surface area contributed by atoms with Crippen molar-refractivity contribution in [3.8, 4) is 0 Å². The summed E-state index contributed by atoms with van der Waals surface area (Å²) in [7, 11) is 3.52. The highest BCUT2D eigenvalue weighted by molar-refractivity contribution is 6.01. The minimum absolute atomic E-state index is 0.00335. The number of ether oxygens (including phenoxy) is 4. The molecule has 4 atom stereocenters. The lowest BCUT2D eigenvalue weighted by molar-refractivity contribution is -0.401. The molecule has 1 fully saturated rings. The van der Waals surface area contributed by atoms with Crippen LogP contribution < -0.4 is 11.4 Å². The lowest BCUT2D eigenvalue weighted by atomic mass is 9.93. The van der Waals surface area contributed by atoms with E-state index in [4.69, 9.17) is 24.7 Å². The van der Waals surface area contributed by atoms with Crippen molar-refractivity contribution in [1.82, 2.24) is 9.55 Å². The van der Waals surface area contributed by atoms with E-state index < -0.39 is 53.1 Å². The molecule has 2 heterocycles. The zero-order valence-corrected chi connectivity index (χ0v) is 16.9. The summed E-state index contributed by atoms with van der Waals surface area (Å²) in [4.78, 5) is 29.5. The van der Waals surface area contributed by atoms with Gasteiger partial charge in [0.05, 0.1) is 6.20 Å². The summed E-state index contributed by atoms with van der Waals surface area (Å²) in [5.41, 5.74) is 1.49. The van der Waals surface area contributed by atoms with Crippen molar-refractivity contribution in [3.63, 3.8) is 0 Å². The van der Waals surface area contributed by atoms with Crippen molar-refractivity contribution in [2.24, 2.45) is 0 Å². The van der Waals surface area contributed by atoms with E-state index in [1.807, 2.05) is 0 Å². The normalized spacial score (nSPS) is 26.2. The number of benzene rings is 1. The summed E-state index contributed by atoms with van der Waals surface area (Å²) in [5, 5.41) is 21.8. The summed E-state index contributed by atoms with van der Waals surface area (Å²) < 4.78 is 36.0. The van der Waals surface area contributed by atoms with E-state index >= 15 is 0 Å². The number of hydrogen-bond donors (Lipinski definition) is 3. The Hall–Kier alpha value is -2.74. The van der Waals surface area contributed by atoms with Crippen molar-refractivity contribution >= 4 is 11.6 Å². The Balaban J connectivity index is 2.29. The fourth-order valence-corrected chi connectivity index (χ4v) is 3.59. The average molecular weight is 439 g/mol. The largest absolute Gasteiger partial charge is 0.387 e. The molecule has 2 aromatic rings. The minimum atomic E-state index is -2.65. The van der Waals surface area contributed by atoms with Crippen LogP contribution in [0.25, 0.3) is 0 Å². The molecular formula is C19H22FN3O8. The zero-order chi connectivity index (χ0) is 23.0. The maximum Gasteiger partial charge on any atom is 0.352 e. The third-order valence-electron chi connectivity index (χ3n) is 5.17. The molecule has 0 saturated carbocycles. The van der Waals surface area contributed by atoms with Crippen molar-refractivity contribution in [3.05, 3.63) is 58.4 Å². The Kier molecular flexibility index (Phi) is 6.23. The van der Waals surface area contributed by atoms with Gasteiger partial charge in [-0.2, -0.15) is 4.98 Å². The number of nitrogens with two attached hydrogens (primary N) is 1. The number of methoxy groups -OCH3 is 3. The number of halogens is 1. The second-order valence-electron chi connectivity index (χ2n) is 6.71. The Morgan fingerprint density at radius 1 is 1.23 bits per heavy atom. The molecule has 0 spiro atoms. The number of anilines is 1. The topological polar surface area (TPSA) is 155 Å². The first-order valence-electron chi connectivity index (χ1n) is 9.03. The number of nitrogen functional groups attached to an aromatic ring is 1. The van der Waals surface area contributed by atoms with Crippen LogP contribution in [0.15, 0.2) is 41.3 Å². The van der Waals surface area contributed by atoms with Gasteiger partial charge in [-0.05, 0) is 0 Å². The van der Waals surface area contributed by atoms with Crippen LogP contribution in [0, 0.1) is 5.82 Å². The highest BCUT2D eigenvalue weighted by Crippen LogP contribution is 2.42. The quantitative estimate of drug-likeness (QED) is 0.369. The highest BCUT2D eigenvalue weighted by Gasteiger charge is 2.66. The van der Waals surface area contributed by atoms with Crippen molar-refractivity contribution in [1.29, 1.82) is 0 Å². The summed E-state index contributed by atoms with van der Waals surface area (Å²) in [5.74, 6) is -4.91. The highest BCUT2D eigenvalue weighted by atomic mass is 19.1. The molecule has 1 aromatic heterocycles. The van der Waals surface area contributed by atoms with E-state index in [9.17, 15) is 24.2 Å². The van der Waals surface area contributed by atoms with Gasteiger partial charge in [0.15, 0.2) is 17.7 Å². The van der Waals surface area contributed by atoms with Gasteiger partial charge in [-0.25, -0.2) is 9.18 Å². The van der Waals surface area contributed by atoms with Crippen LogP contribution in [-0.4, -0.2) is 71.2 Å². The fourth-order valence-electron chi connectivity index (χ4n) is 3.59. The molecule has 168 valence electrons. The van der Waals surface area contributed by atoms with Gasteiger partial charge in [-0.1, -0.05) is 30.3 Å². The van der Waals surface area contributed by atoms with E-state index in [0.29, 0.717) is 10.8 Å².